The van der Waals surface area contributed by atoms with Crippen molar-refractivity contribution in [3.63, 3.8) is 0 Å². The predicted molar refractivity (Wildman–Crippen MR) is 70.6 cm³/mol. The van der Waals surface area contributed by atoms with Crippen LogP contribution in [-0.2, 0) is 0 Å². The van der Waals surface area contributed by atoms with Gasteiger partial charge in [-0.15, -0.1) is 5.10 Å². The molecule has 2 heterocycles. The zero-order valence-corrected chi connectivity index (χ0v) is 10.9. The van der Waals surface area contributed by atoms with E-state index >= 15 is 0 Å². The van der Waals surface area contributed by atoms with Crippen molar-refractivity contribution < 1.29 is 4.74 Å². The first-order valence-electron chi connectivity index (χ1n) is 6.52. The summed E-state index contributed by atoms with van der Waals surface area (Å²) in [4.78, 5) is 0. The number of methoxy groups -OCH3 is 1. The number of nitrogens with zero attached hydrogens (tertiary/aromatic N) is 4. The van der Waals surface area contributed by atoms with Gasteiger partial charge in [0.15, 0.2) is 5.82 Å². The fraction of sp³-hybridized carbons (Fsp3) is 0.462. The van der Waals surface area contributed by atoms with Crippen molar-refractivity contribution in [1.29, 1.82) is 0 Å². The lowest BCUT2D eigenvalue weighted by Gasteiger charge is -2.21. The quantitative estimate of drug-likeness (QED) is 0.895. The number of hydrogen-bond acceptors (Lipinski definition) is 5. The van der Waals surface area contributed by atoms with Crippen LogP contribution in [-0.4, -0.2) is 40.4 Å². The Bertz CT molecular complexity index is 547. The molecule has 6 heteroatoms. The molecule has 6 nitrogen and oxygen atoms in total. The van der Waals surface area contributed by atoms with Gasteiger partial charge in [-0.25, -0.2) is 0 Å². The molecular formula is C13H17N5O. The highest BCUT2D eigenvalue weighted by atomic mass is 16.5. The Labute approximate surface area is 111 Å². The number of tetrazole rings is 1. The SMILES string of the molecule is COc1cccc(-n2nnnc2C2CCCNC2)c1. The summed E-state index contributed by atoms with van der Waals surface area (Å²) in [5.74, 6) is 2.09. The van der Waals surface area contributed by atoms with Gasteiger partial charge in [-0.05, 0) is 41.9 Å². The Morgan fingerprint density at radius 1 is 1.42 bits per heavy atom. The zero-order chi connectivity index (χ0) is 13.1. The lowest BCUT2D eigenvalue weighted by molar-refractivity contribution is 0.414. The molecule has 100 valence electrons. The predicted octanol–water partition coefficient (Wildman–Crippen LogP) is 1.14. The third-order valence-electron chi connectivity index (χ3n) is 3.45. The van der Waals surface area contributed by atoms with Gasteiger partial charge in [-0.3, -0.25) is 0 Å². The molecule has 19 heavy (non-hydrogen) atoms. The monoisotopic (exact) mass is 259 g/mol. The van der Waals surface area contributed by atoms with Gasteiger partial charge < -0.3 is 10.1 Å². The van der Waals surface area contributed by atoms with E-state index in [1.54, 1.807) is 11.8 Å². The Kier molecular flexibility index (Phi) is 3.41. The van der Waals surface area contributed by atoms with Crippen molar-refractivity contribution in [1.82, 2.24) is 25.5 Å². The van der Waals surface area contributed by atoms with Gasteiger partial charge in [0, 0.05) is 18.5 Å². The maximum Gasteiger partial charge on any atom is 0.161 e. The van der Waals surface area contributed by atoms with E-state index in [4.69, 9.17) is 4.74 Å². The second kappa shape index (κ2) is 5.36. The lowest BCUT2D eigenvalue weighted by atomic mass is 9.99. The van der Waals surface area contributed by atoms with E-state index in [2.05, 4.69) is 20.8 Å². The van der Waals surface area contributed by atoms with Crippen molar-refractivity contribution in [2.45, 2.75) is 18.8 Å². The molecule has 0 saturated carbocycles. The first-order valence-corrected chi connectivity index (χ1v) is 6.52. The highest BCUT2D eigenvalue weighted by Crippen LogP contribution is 2.24. The van der Waals surface area contributed by atoms with E-state index in [0.29, 0.717) is 5.92 Å². The molecule has 1 fully saturated rings. The van der Waals surface area contributed by atoms with E-state index in [1.165, 1.54) is 0 Å². The van der Waals surface area contributed by atoms with Crippen molar-refractivity contribution >= 4 is 0 Å². The molecule has 0 amide bonds. The van der Waals surface area contributed by atoms with Crippen molar-refractivity contribution in [2.75, 3.05) is 20.2 Å². The van der Waals surface area contributed by atoms with Crippen molar-refractivity contribution in [3.05, 3.63) is 30.1 Å². The molecule has 0 aliphatic carbocycles. The first kappa shape index (κ1) is 12.1. The third-order valence-corrected chi connectivity index (χ3v) is 3.45. The summed E-state index contributed by atoms with van der Waals surface area (Å²) in [6.45, 7) is 2.02. The minimum absolute atomic E-state index is 0.370. The minimum Gasteiger partial charge on any atom is -0.497 e. The van der Waals surface area contributed by atoms with Gasteiger partial charge in [-0.1, -0.05) is 6.07 Å². The van der Waals surface area contributed by atoms with Gasteiger partial charge >= 0.3 is 0 Å². The Morgan fingerprint density at radius 3 is 3.16 bits per heavy atom. The van der Waals surface area contributed by atoms with Crippen LogP contribution in [0.15, 0.2) is 24.3 Å². The number of nitrogens with one attached hydrogen (secondary N) is 1. The first-order chi connectivity index (χ1) is 9.38. The number of rotatable bonds is 3. The summed E-state index contributed by atoms with van der Waals surface area (Å²) < 4.78 is 7.05. The smallest absolute Gasteiger partial charge is 0.161 e. The summed E-state index contributed by atoms with van der Waals surface area (Å²) in [6.07, 6.45) is 2.28. The van der Waals surface area contributed by atoms with E-state index in [1.807, 2.05) is 24.3 Å². The molecule has 1 unspecified atom stereocenters. The van der Waals surface area contributed by atoms with E-state index in [-0.39, 0.29) is 0 Å². The van der Waals surface area contributed by atoms with Crippen LogP contribution in [0.2, 0.25) is 0 Å². The van der Waals surface area contributed by atoms with Crippen LogP contribution in [0.4, 0.5) is 0 Å². The van der Waals surface area contributed by atoms with Gasteiger partial charge in [0.1, 0.15) is 5.75 Å². The second-order valence-corrected chi connectivity index (χ2v) is 4.69. The lowest BCUT2D eigenvalue weighted by Crippen LogP contribution is -2.30. The number of benzene rings is 1. The van der Waals surface area contributed by atoms with Crippen LogP contribution in [0.5, 0.6) is 5.75 Å². The van der Waals surface area contributed by atoms with E-state index in [0.717, 1.165) is 43.2 Å². The molecule has 1 atom stereocenters. The summed E-state index contributed by atoms with van der Waals surface area (Å²) in [5.41, 5.74) is 0.935. The summed E-state index contributed by atoms with van der Waals surface area (Å²) >= 11 is 0. The van der Waals surface area contributed by atoms with Crippen LogP contribution < -0.4 is 10.1 Å². The standard InChI is InChI=1S/C13H17N5O/c1-19-12-6-2-5-11(8-12)18-13(15-16-17-18)10-4-3-7-14-9-10/h2,5-6,8,10,14H,3-4,7,9H2,1H3. The average Bonchev–Trinajstić information content (AvgIpc) is 2.98. The largest absolute Gasteiger partial charge is 0.497 e. The van der Waals surface area contributed by atoms with Crippen LogP contribution >= 0.6 is 0 Å². The molecule has 2 aromatic rings. The van der Waals surface area contributed by atoms with E-state index in [9.17, 15) is 0 Å². The molecule has 3 rings (SSSR count). The minimum atomic E-state index is 0.370. The molecule has 0 spiro atoms. The van der Waals surface area contributed by atoms with Crippen molar-refractivity contribution in [3.8, 4) is 11.4 Å². The molecule has 1 aliphatic rings. The maximum absolute atomic E-state index is 5.24. The fourth-order valence-electron chi connectivity index (χ4n) is 2.45. The normalized spacial score (nSPS) is 19.3. The third kappa shape index (κ3) is 2.44. The Balaban J connectivity index is 1.94. The van der Waals surface area contributed by atoms with Crippen LogP contribution in [0, 0.1) is 0 Å². The molecule has 0 radical (unpaired) electrons. The van der Waals surface area contributed by atoms with Crippen LogP contribution in [0.3, 0.4) is 0 Å². The molecule has 1 saturated heterocycles. The molecule has 1 aliphatic heterocycles. The van der Waals surface area contributed by atoms with Gasteiger partial charge in [0.05, 0.1) is 12.8 Å². The van der Waals surface area contributed by atoms with Crippen molar-refractivity contribution in [2.24, 2.45) is 0 Å². The second-order valence-electron chi connectivity index (χ2n) is 4.69. The highest BCUT2D eigenvalue weighted by Gasteiger charge is 2.22. The van der Waals surface area contributed by atoms with Gasteiger partial charge in [0.25, 0.3) is 0 Å². The Hall–Kier alpha value is -1.95. The van der Waals surface area contributed by atoms with Gasteiger partial charge in [0.2, 0.25) is 0 Å². The molecular weight excluding hydrogens is 242 g/mol. The number of ether oxygens (including phenoxy) is 1. The molecule has 1 N–H and O–H groups in total. The molecule has 1 aromatic carbocycles. The van der Waals surface area contributed by atoms with Crippen LogP contribution in [0.25, 0.3) is 5.69 Å². The summed E-state index contributed by atoms with van der Waals surface area (Å²) in [5, 5.41) is 15.5. The maximum atomic E-state index is 5.24. The number of hydrogen-bond donors (Lipinski definition) is 1. The summed E-state index contributed by atoms with van der Waals surface area (Å²) in [6, 6.07) is 7.78. The number of aromatic nitrogens is 4. The molecule has 1 aromatic heterocycles. The summed E-state index contributed by atoms with van der Waals surface area (Å²) in [7, 11) is 1.66. The molecule has 0 bridgehead atoms. The average molecular weight is 259 g/mol. The number of piperidine rings is 1. The zero-order valence-electron chi connectivity index (χ0n) is 10.9. The topological polar surface area (TPSA) is 64.9 Å². The fourth-order valence-corrected chi connectivity index (χ4v) is 2.45. The van der Waals surface area contributed by atoms with Gasteiger partial charge in [-0.2, -0.15) is 4.68 Å². The Morgan fingerprint density at radius 2 is 2.37 bits per heavy atom. The highest BCUT2D eigenvalue weighted by molar-refractivity contribution is 5.39. The van der Waals surface area contributed by atoms with Crippen LogP contribution in [0.1, 0.15) is 24.6 Å². The van der Waals surface area contributed by atoms with E-state index < -0.39 is 0 Å².